The molecule has 0 aliphatic carbocycles. The Morgan fingerprint density at radius 2 is 1.31 bits per heavy atom. The van der Waals surface area contributed by atoms with Gasteiger partial charge in [-0.05, 0) is 56.4 Å². The van der Waals surface area contributed by atoms with E-state index in [0.717, 1.165) is 81.4 Å². The van der Waals surface area contributed by atoms with Gasteiger partial charge in [-0.3, -0.25) is 19.3 Å². The summed E-state index contributed by atoms with van der Waals surface area (Å²) in [6.45, 7) is 0.882. The number of pyridine rings is 4. The lowest BCUT2D eigenvalue weighted by molar-refractivity contribution is 0.186. The average Bonchev–Trinajstić information content (AvgIpc) is 4.16. The van der Waals surface area contributed by atoms with Gasteiger partial charge in [0.1, 0.15) is 11.4 Å². The molecule has 3 N–H and O–H groups in total. The van der Waals surface area contributed by atoms with Crippen LogP contribution < -0.4 is 5.46 Å². The van der Waals surface area contributed by atoms with E-state index < -0.39 is 12.9 Å². The van der Waals surface area contributed by atoms with Crippen LogP contribution in [0.1, 0.15) is 11.1 Å². The summed E-state index contributed by atoms with van der Waals surface area (Å²) in [7, 11) is 11.2. The molecule has 0 aliphatic rings. The highest BCUT2D eigenvalue weighted by molar-refractivity contribution is 9.10. The molecule has 0 aliphatic heterocycles. The third-order valence-corrected chi connectivity index (χ3v) is 12.3. The number of H-pyrrole nitrogens is 1. The van der Waals surface area contributed by atoms with Crippen LogP contribution in [0.25, 0.3) is 99.8 Å². The summed E-state index contributed by atoms with van der Waals surface area (Å²) in [6.07, 6.45) is 10.5. The highest BCUT2D eigenvalue weighted by atomic mass is 79.9. The Bertz CT molecular complexity index is 3960. The summed E-state index contributed by atoms with van der Waals surface area (Å²) in [5.41, 5.74) is 10.3. The van der Waals surface area contributed by atoms with E-state index in [4.69, 9.17) is 42.4 Å². The number of aryl methyl sites for hydroxylation is 2. The molecular formula is C51H41B2BrN12O5. The van der Waals surface area contributed by atoms with Crippen LogP contribution in [0.5, 0.6) is 0 Å². The van der Waals surface area contributed by atoms with Gasteiger partial charge in [-0.15, -0.1) is 0 Å². The molecule has 0 unspecified atom stereocenters. The van der Waals surface area contributed by atoms with Crippen LogP contribution >= 0.6 is 15.9 Å². The first-order chi connectivity index (χ1) is 34.5. The van der Waals surface area contributed by atoms with Gasteiger partial charge in [0, 0.05) is 103 Å². The van der Waals surface area contributed by atoms with Gasteiger partial charge in [-0.25, -0.2) is 29.3 Å². The molecule has 0 fully saturated rings. The Labute approximate surface area is 414 Å². The van der Waals surface area contributed by atoms with Gasteiger partial charge in [-0.1, -0.05) is 72.8 Å². The van der Waals surface area contributed by atoms with Gasteiger partial charge in [-0.2, -0.15) is 10.2 Å². The predicted molar refractivity (Wildman–Crippen MR) is 279 cm³/mol. The molecule has 0 saturated carbocycles. The van der Waals surface area contributed by atoms with Crippen LogP contribution in [-0.4, -0.2) is 104 Å². The highest BCUT2D eigenvalue weighted by Crippen LogP contribution is 2.34. The summed E-state index contributed by atoms with van der Waals surface area (Å²) < 4.78 is 16.2. The zero-order valence-electron chi connectivity index (χ0n) is 38.7. The lowest BCUT2D eigenvalue weighted by atomic mass is 9.78. The van der Waals surface area contributed by atoms with Crippen molar-refractivity contribution in [1.29, 1.82) is 0 Å². The summed E-state index contributed by atoms with van der Waals surface area (Å²) in [4.78, 5) is 42.6. The van der Waals surface area contributed by atoms with Crippen molar-refractivity contribution in [3.8, 4) is 34.2 Å². The standard InChI is InChI=1S/C25H20N6O.C17H13BBrN5O2.C9H8BNO2/c1-31-25-19(10-17(12-27-25)20-13-26-11-15-6-3-4-8-18(15)20)23(30-31)24-28-21-9-5-7-16(14-32-2)22(21)29-24;1-23-15-11(6-10(19)7-20-15)14(22-23)16-21-13-9(8-26-2)4-3-5-12(13)24(16)17(18)25;12-10(13)9-6-11-5-7-3-1-2-4-8(7)9/h3-13H,14H2,1-2H3,(H,28,29);3-7H,8H2,1-2H3;1-6,12-13H. The Hall–Kier alpha value is -8.00. The molecular weight excluding hydrogens is 962 g/mol. The van der Waals surface area contributed by atoms with E-state index >= 15 is 0 Å². The number of carbonyl (C=O) groups is 1. The molecule has 8 heterocycles. The van der Waals surface area contributed by atoms with Crippen LogP contribution in [0, 0.1) is 0 Å². The van der Waals surface area contributed by atoms with E-state index in [1.54, 1.807) is 49.1 Å². The molecule has 0 amide bonds. The minimum atomic E-state index is -1.46. The van der Waals surface area contributed by atoms with Crippen molar-refractivity contribution in [2.45, 2.75) is 13.2 Å². The van der Waals surface area contributed by atoms with Crippen molar-refractivity contribution in [1.82, 2.24) is 59.0 Å². The molecule has 12 aromatic rings. The normalized spacial score (nSPS) is 11.4. The molecule has 12 rings (SSSR count). The molecule has 0 atom stereocenters. The minimum absolute atomic E-state index is 0.376. The van der Waals surface area contributed by atoms with E-state index in [-0.39, 0.29) is 0 Å². The number of fused-ring (bicyclic) bond motifs is 6. The van der Waals surface area contributed by atoms with E-state index in [1.807, 2.05) is 98.4 Å². The average molecular weight is 1000 g/mol. The lowest BCUT2D eigenvalue weighted by Gasteiger charge is -2.06. The van der Waals surface area contributed by atoms with Crippen molar-refractivity contribution in [2.75, 3.05) is 14.2 Å². The molecule has 20 heteroatoms. The van der Waals surface area contributed by atoms with E-state index in [0.29, 0.717) is 52.7 Å². The van der Waals surface area contributed by atoms with Crippen LogP contribution in [0.3, 0.4) is 0 Å². The van der Waals surface area contributed by atoms with Gasteiger partial charge in [0.25, 0.3) is 0 Å². The smallest absolute Gasteiger partial charge is 0.423 e. The number of nitrogens with zero attached hydrogens (tertiary/aromatic N) is 11. The number of methoxy groups -OCH3 is 2. The van der Waals surface area contributed by atoms with Crippen LogP contribution in [0.2, 0.25) is 0 Å². The zero-order chi connectivity index (χ0) is 49.3. The summed E-state index contributed by atoms with van der Waals surface area (Å²) in [5, 5.41) is 33.0. The molecule has 0 saturated heterocycles. The van der Waals surface area contributed by atoms with E-state index in [2.05, 4.69) is 64.1 Å². The Balaban J connectivity index is 0.000000133. The van der Waals surface area contributed by atoms with Gasteiger partial charge in [0.15, 0.2) is 28.7 Å². The Morgan fingerprint density at radius 1 is 0.690 bits per heavy atom. The molecule has 348 valence electrons. The van der Waals surface area contributed by atoms with Crippen molar-refractivity contribution >= 4 is 108 Å². The Morgan fingerprint density at radius 3 is 2.01 bits per heavy atom. The number of hydrogen-bond acceptors (Lipinski definition) is 13. The number of carbonyl (C=O) groups excluding carboxylic acids is 1. The largest absolute Gasteiger partial charge is 0.490 e. The first kappa shape index (κ1) is 46.7. The summed E-state index contributed by atoms with van der Waals surface area (Å²) >= 11 is 3.43. The monoisotopic (exact) mass is 1000 g/mol. The van der Waals surface area contributed by atoms with E-state index in [1.165, 1.54) is 10.8 Å². The number of ether oxygens (including phenoxy) is 2. The fraction of sp³-hybridized carbons (Fsp3) is 0.118. The second-order valence-corrected chi connectivity index (χ2v) is 17.4. The fourth-order valence-corrected chi connectivity index (χ4v) is 9.05. The fourth-order valence-electron chi connectivity index (χ4n) is 8.72. The number of imidazole rings is 2. The summed E-state index contributed by atoms with van der Waals surface area (Å²) in [6, 6.07) is 31.3. The summed E-state index contributed by atoms with van der Waals surface area (Å²) in [5.74, 6) is 0.463. The first-order valence-electron chi connectivity index (χ1n) is 22.1. The quantitative estimate of drug-likeness (QED) is 0.124. The predicted octanol–water partition coefficient (Wildman–Crippen LogP) is 7.82. The zero-order valence-corrected chi connectivity index (χ0v) is 40.3. The molecule has 4 aromatic carbocycles. The second-order valence-electron chi connectivity index (χ2n) is 16.5. The first-order valence-corrected chi connectivity index (χ1v) is 22.9. The molecule has 71 heavy (non-hydrogen) atoms. The number of nitrogens with one attached hydrogen (secondary N) is 1. The number of rotatable bonds is 8. The van der Waals surface area contributed by atoms with Crippen molar-refractivity contribution in [3.63, 3.8) is 0 Å². The third-order valence-electron chi connectivity index (χ3n) is 11.9. The topological polar surface area (TPSA) is 210 Å². The Kier molecular flexibility index (Phi) is 13.0. The van der Waals surface area contributed by atoms with Crippen molar-refractivity contribution in [2.24, 2.45) is 14.1 Å². The third kappa shape index (κ3) is 8.94. The number of aromatic nitrogens is 12. The molecule has 0 spiro atoms. The van der Waals surface area contributed by atoms with Gasteiger partial charge < -0.3 is 24.5 Å². The van der Waals surface area contributed by atoms with E-state index in [9.17, 15) is 4.79 Å². The van der Waals surface area contributed by atoms with Crippen LogP contribution in [0.15, 0.2) is 139 Å². The number of halogens is 1. The van der Waals surface area contributed by atoms with Crippen LogP contribution in [0.4, 0.5) is 4.79 Å². The maximum absolute atomic E-state index is 12.2. The van der Waals surface area contributed by atoms with Gasteiger partial charge in [0.05, 0.1) is 46.1 Å². The number of hydrogen-bond donors (Lipinski definition) is 3. The van der Waals surface area contributed by atoms with Gasteiger partial charge in [0.2, 0.25) is 7.85 Å². The maximum Gasteiger partial charge on any atom is 0.490 e. The SMILES string of the molecule is COCc1cccc2[nH]c(-c3nn(C)c4ncc(-c5cncc6ccccc56)cc34)nc12.OB(O)c1cncc2ccccc12.[B]C(=O)n1c(-c2nn(C)c3ncc(Br)cc23)nc2c(COC)cccc21. The second kappa shape index (κ2) is 19.8. The van der Waals surface area contributed by atoms with Crippen molar-refractivity contribution < 1.29 is 24.3 Å². The highest BCUT2D eigenvalue weighted by Gasteiger charge is 2.23. The lowest BCUT2D eigenvalue weighted by Crippen LogP contribution is -2.30. The molecule has 17 nitrogen and oxygen atoms in total. The van der Waals surface area contributed by atoms with Crippen LogP contribution in [-0.2, 0) is 36.8 Å². The maximum atomic E-state index is 12.2. The van der Waals surface area contributed by atoms with Gasteiger partial charge >= 0.3 is 7.12 Å². The molecule has 8 aromatic heterocycles. The number of para-hydroxylation sites is 2. The molecule has 0 bridgehead atoms. The number of aromatic amines is 1. The minimum Gasteiger partial charge on any atom is -0.423 e. The molecule has 2 radical (unpaired) electrons. The number of benzene rings is 4. The van der Waals surface area contributed by atoms with Crippen molar-refractivity contribution in [3.05, 3.63) is 150 Å².